The second-order valence-corrected chi connectivity index (χ2v) is 12.9. The van der Waals surface area contributed by atoms with Crippen LogP contribution in [0.1, 0.15) is 62.5 Å². The van der Waals surface area contributed by atoms with Crippen molar-refractivity contribution < 1.29 is 29.4 Å². The number of carbonyl (C=O) groups excluding carboxylic acids is 2. The standard InChI is InChI=1S/C34H40N2O6/c37-29(38)27-15-13-25(19-23-9-3-1-4-10-23)21-33(27)31(41)35(33)17-7-8-18-36-32(42)34(36)22-26(14-16-28(34)30(39)40)20-24-11-5-2-6-12-24/h1-6,9-12,25-28H,7-8,13-22H2,(H,37,38)(H,39,40). The topological polar surface area (TPSA) is 115 Å². The molecule has 0 bridgehead atoms. The SMILES string of the molecule is O=C(O)C1CCC(Cc2ccccc2)CC12C(=O)N2CCCCN1C(=O)C12CC(Cc1ccccc1)CCC2C(=O)O. The third kappa shape index (κ3) is 4.99. The summed E-state index contributed by atoms with van der Waals surface area (Å²) in [5.41, 5.74) is 0.583. The first-order chi connectivity index (χ1) is 20.3. The molecule has 2 aliphatic carbocycles. The third-order valence-corrected chi connectivity index (χ3v) is 10.5. The molecule has 6 unspecified atom stereocenters. The molecule has 4 fully saturated rings. The number of carbonyl (C=O) groups is 4. The molecule has 2 aromatic rings. The minimum Gasteiger partial charge on any atom is -0.481 e. The second kappa shape index (κ2) is 11.2. The molecule has 2 amide bonds. The van der Waals surface area contributed by atoms with Crippen molar-refractivity contribution >= 4 is 23.8 Å². The van der Waals surface area contributed by atoms with Crippen LogP contribution in [0.5, 0.6) is 0 Å². The lowest BCUT2D eigenvalue weighted by molar-refractivity contribution is -0.146. The van der Waals surface area contributed by atoms with Crippen molar-refractivity contribution in [3.8, 4) is 0 Å². The number of amides is 2. The van der Waals surface area contributed by atoms with Crippen molar-refractivity contribution in [3.05, 3.63) is 71.8 Å². The van der Waals surface area contributed by atoms with Crippen molar-refractivity contribution in [2.75, 3.05) is 13.1 Å². The van der Waals surface area contributed by atoms with Gasteiger partial charge in [-0.3, -0.25) is 19.2 Å². The quantitative estimate of drug-likeness (QED) is 0.304. The summed E-state index contributed by atoms with van der Waals surface area (Å²) in [6.07, 6.45) is 6.69. The molecule has 2 spiro atoms. The number of nitrogens with zero attached hydrogens (tertiary/aromatic N) is 2. The van der Waals surface area contributed by atoms with Crippen LogP contribution < -0.4 is 0 Å². The van der Waals surface area contributed by atoms with E-state index in [9.17, 15) is 29.4 Å². The third-order valence-electron chi connectivity index (χ3n) is 10.5. The number of carboxylic acids is 2. The van der Waals surface area contributed by atoms with Crippen molar-refractivity contribution in [2.45, 2.75) is 75.3 Å². The number of unbranched alkanes of at least 4 members (excludes halogenated alkanes) is 1. The van der Waals surface area contributed by atoms with Gasteiger partial charge >= 0.3 is 11.9 Å². The number of rotatable bonds is 11. The highest BCUT2D eigenvalue weighted by Gasteiger charge is 2.71. The summed E-state index contributed by atoms with van der Waals surface area (Å²) in [6.45, 7) is 0.934. The molecule has 222 valence electrons. The van der Waals surface area contributed by atoms with Gasteiger partial charge in [-0.25, -0.2) is 0 Å². The molecule has 0 radical (unpaired) electrons. The normalized spacial score (nSPS) is 31.9. The van der Waals surface area contributed by atoms with E-state index in [1.807, 2.05) is 36.4 Å². The highest BCUT2D eigenvalue weighted by molar-refractivity contribution is 6.06. The Morgan fingerprint density at radius 1 is 0.643 bits per heavy atom. The van der Waals surface area contributed by atoms with Gasteiger partial charge in [0.2, 0.25) is 11.8 Å². The molecule has 2 aliphatic heterocycles. The maximum absolute atomic E-state index is 13.2. The van der Waals surface area contributed by atoms with E-state index in [1.54, 1.807) is 9.80 Å². The zero-order valence-corrected chi connectivity index (χ0v) is 24.0. The number of hydrogen-bond acceptors (Lipinski definition) is 4. The minimum atomic E-state index is -0.914. The molecule has 2 saturated carbocycles. The predicted octanol–water partition coefficient (Wildman–Crippen LogP) is 4.42. The van der Waals surface area contributed by atoms with Crippen LogP contribution in [0.15, 0.2) is 60.7 Å². The van der Waals surface area contributed by atoms with Gasteiger partial charge in [0.1, 0.15) is 11.1 Å². The molecule has 2 aromatic carbocycles. The smallest absolute Gasteiger partial charge is 0.309 e. The van der Waals surface area contributed by atoms with Crippen LogP contribution in [-0.4, -0.2) is 67.9 Å². The summed E-state index contributed by atoms with van der Waals surface area (Å²) >= 11 is 0. The van der Waals surface area contributed by atoms with Crippen molar-refractivity contribution in [2.24, 2.45) is 23.7 Å². The molecule has 8 heteroatoms. The molecule has 2 N–H and O–H groups in total. The molecule has 2 saturated heterocycles. The molecular formula is C34H40N2O6. The Balaban J connectivity index is 1.05. The van der Waals surface area contributed by atoms with E-state index in [4.69, 9.17) is 0 Å². The van der Waals surface area contributed by atoms with Gasteiger partial charge in [-0.05, 0) is 87.2 Å². The Bertz CT molecular complexity index is 1240. The van der Waals surface area contributed by atoms with Gasteiger partial charge in [0.05, 0.1) is 11.8 Å². The summed E-state index contributed by atoms with van der Waals surface area (Å²) in [7, 11) is 0. The lowest BCUT2D eigenvalue weighted by Crippen LogP contribution is -2.42. The van der Waals surface area contributed by atoms with E-state index in [0.29, 0.717) is 51.6 Å². The van der Waals surface area contributed by atoms with Crippen LogP contribution in [0, 0.1) is 23.7 Å². The van der Waals surface area contributed by atoms with Crippen LogP contribution in [-0.2, 0) is 32.0 Å². The van der Waals surface area contributed by atoms with Crippen LogP contribution in [0.2, 0.25) is 0 Å². The Kier molecular flexibility index (Phi) is 7.58. The monoisotopic (exact) mass is 572 g/mol. The molecular weight excluding hydrogens is 532 g/mol. The van der Waals surface area contributed by atoms with Gasteiger partial charge in [-0.1, -0.05) is 60.7 Å². The van der Waals surface area contributed by atoms with Gasteiger partial charge in [-0.2, -0.15) is 0 Å². The summed E-state index contributed by atoms with van der Waals surface area (Å²) < 4.78 is 0. The fourth-order valence-electron chi connectivity index (χ4n) is 8.41. The maximum atomic E-state index is 13.2. The van der Waals surface area contributed by atoms with Gasteiger partial charge < -0.3 is 20.0 Å². The number of aliphatic carboxylic acids is 2. The lowest BCUT2D eigenvalue weighted by atomic mass is 9.71. The van der Waals surface area contributed by atoms with E-state index in [2.05, 4.69) is 24.3 Å². The zero-order chi connectivity index (χ0) is 29.5. The lowest BCUT2D eigenvalue weighted by Gasteiger charge is -2.33. The second-order valence-electron chi connectivity index (χ2n) is 12.9. The largest absolute Gasteiger partial charge is 0.481 e. The van der Waals surface area contributed by atoms with Crippen LogP contribution in [0.3, 0.4) is 0 Å². The Morgan fingerprint density at radius 2 is 1.02 bits per heavy atom. The van der Waals surface area contributed by atoms with Crippen LogP contribution >= 0.6 is 0 Å². The van der Waals surface area contributed by atoms with E-state index < -0.39 is 34.9 Å². The van der Waals surface area contributed by atoms with Crippen molar-refractivity contribution in [1.29, 1.82) is 0 Å². The average Bonchev–Trinajstić information content (AvgIpc) is 3.74. The highest BCUT2D eigenvalue weighted by atomic mass is 16.4. The number of hydrogen-bond donors (Lipinski definition) is 2. The van der Waals surface area contributed by atoms with Crippen LogP contribution in [0.25, 0.3) is 0 Å². The van der Waals surface area contributed by atoms with Crippen LogP contribution in [0.4, 0.5) is 0 Å². The van der Waals surface area contributed by atoms with Gasteiger partial charge in [-0.15, -0.1) is 0 Å². The molecule has 0 aromatic heterocycles. The minimum absolute atomic E-state index is 0.0612. The van der Waals surface area contributed by atoms with E-state index >= 15 is 0 Å². The van der Waals surface area contributed by atoms with E-state index in [-0.39, 0.29) is 23.7 Å². The first-order valence-corrected chi connectivity index (χ1v) is 15.4. The molecule has 6 rings (SSSR count). The fourth-order valence-corrected chi connectivity index (χ4v) is 8.41. The van der Waals surface area contributed by atoms with Crippen molar-refractivity contribution in [3.63, 3.8) is 0 Å². The molecule has 42 heavy (non-hydrogen) atoms. The molecule has 8 nitrogen and oxygen atoms in total. The van der Waals surface area contributed by atoms with Gasteiger partial charge in [0.15, 0.2) is 0 Å². The Hall–Kier alpha value is -3.68. The molecule has 2 heterocycles. The Labute approximate surface area is 246 Å². The fraction of sp³-hybridized carbons (Fsp3) is 0.529. The van der Waals surface area contributed by atoms with Crippen molar-refractivity contribution in [1.82, 2.24) is 9.80 Å². The van der Waals surface area contributed by atoms with Gasteiger partial charge in [0, 0.05) is 13.1 Å². The summed E-state index contributed by atoms with van der Waals surface area (Å²) in [5.74, 6) is -2.78. The zero-order valence-electron chi connectivity index (χ0n) is 24.0. The number of carboxylic acid groups (broad SMARTS) is 2. The summed E-state index contributed by atoms with van der Waals surface area (Å²) in [4.78, 5) is 54.2. The average molecular weight is 573 g/mol. The number of benzene rings is 2. The first-order valence-electron chi connectivity index (χ1n) is 15.4. The highest BCUT2D eigenvalue weighted by Crippen LogP contribution is 2.54. The Morgan fingerprint density at radius 3 is 1.38 bits per heavy atom. The predicted molar refractivity (Wildman–Crippen MR) is 155 cm³/mol. The van der Waals surface area contributed by atoms with E-state index in [1.165, 1.54) is 11.1 Å². The summed E-state index contributed by atoms with van der Waals surface area (Å²) in [6, 6.07) is 20.3. The van der Waals surface area contributed by atoms with E-state index in [0.717, 1.165) is 25.7 Å². The van der Waals surface area contributed by atoms with Gasteiger partial charge in [0.25, 0.3) is 0 Å². The molecule has 6 atom stereocenters. The first kappa shape index (κ1) is 28.4. The molecule has 4 aliphatic rings. The summed E-state index contributed by atoms with van der Waals surface area (Å²) in [5, 5.41) is 19.9. The maximum Gasteiger partial charge on any atom is 0.309 e.